The minimum atomic E-state index is -0.148. The highest BCUT2D eigenvalue weighted by atomic mass is 32.1. The first-order chi connectivity index (χ1) is 9.69. The van der Waals surface area contributed by atoms with Crippen molar-refractivity contribution in [3.63, 3.8) is 0 Å². The number of aliphatic hydroxyl groups excluding tert-OH is 1. The molecule has 2 aromatic heterocycles. The second-order valence-electron chi connectivity index (χ2n) is 4.17. The quantitative estimate of drug-likeness (QED) is 0.849. The Bertz CT molecular complexity index is 645. The Kier molecular flexibility index (Phi) is 4.99. The highest BCUT2D eigenvalue weighted by Gasteiger charge is 2.08. The van der Waals surface area contributed by atoms with Crippen LogP contribution in [0.3, 0.4) is 0 Å². The van der Waals surface area contributed by atoms with Crippen LogP contribution in [0.5, 0.6) is 0 Å². The first-order valence-electron chi connectivity index (χ1n) is 6.21. The zero-order valence-electron chi connectivity index (χ0n) is 11.1. The van der Waals surface area contributed by atoms with Crippen LogP contribution in [0.25, 0.3) is 0 Å². The number of hydrogen-bond acceptors (Lipinski definition) is 4. The summed E-state index contributed by atoms with van der Waals surface area (Å²) in [7, 11) is 0. The molecule has 104 valence electrons. The summed E-state index contributed by atoms with van der Waals surface area (Å²) in [6, 6.07) is 5.45. The summed E-state index contributed by atoms with van der Waals surface area (Å²) in [5.74, 6) is 7.14. The molecule has 2 N–H and O–H groups in total. The minimum Gasteiger partial charge on any atom is -0.465 e. The predicted octanol–water partition coefficient (Wildman–Crippen LogP) is 2.31. The van der Waals surface area contributed by atoms with E-state index in [2.05, 4.69) is 17.2 Å². The lowest BCUT2D eigenvalue weighted by Gasteiger charge is -2.00. The van der Waals surface area contributed by atoms with Gasteiger partial charge in [0.15, 0.2) is 0 Å². The van der Waals surface area contributed by atoms with Gasteiger partial charge in [-0.1, -0.05) is 11.8 Å². The van der Waals surface area contributed by atoms with Gasteiger partial charge in [0, 0.05) is 11.8 Å². The molecule has 0 atom stereocenters. The number of carbonyl (C=O) groups excluding carboxylic acids is 1. The predicted molar refractivity (Wildman–Crippen MR) is 77.5 cm³/mol. The lowest BCUT2D eigenvalue weighted by Crippen LogP contribution is -2.21. The molecule has 0 bridgehead atoms. The fraction of sp³-hybridized carbons (Fsp3) is 0.267. The topological polar surface area (TPSA) is 62.5 Å². The summed E-state index contributed by atoms with van der Waals surface area (Å²) in [4.78, 5) is 12.8. The molecule has 4 nitrogen and oxygen atoms in total. The van der Waals surface area contributed by atoms with Crippen molar-refractivity contribution in [2.75, 3.05) is 6.61 Å². The molecule has 1 amide bonds. The molecule has 0 saturated heterocycles. The van der Waals surface area contributed by atoms with Crippen LogP contribution in [0, 0.1) is 18.8 Å². The molecule has 2 rings (SSSR count). The molecule has 0 radical (unpaired) electrons. The molecular weight excluding hydrogens is 274 g/mol. The van der Waals surface area contributed by atoms with E-state index >= 15 is 0 Å². The average Bonchev–Trinajstić information content (AvgIpc) is 3.06. The van der Waals surface area contributed by atoms with E-state index in [1.54, 1.807) is 11.4 Å². The molecule has 0 saturated carbocycles. The second kappa shape index (κ2) is 6.94. The van der Waals surface area contributed by atoms with Gasteiger partial charge in [-0.05, 0) is 25.1 Å². The van der Waals surface area contributed by atoms with Gasteiger partial charge in [0.05, 0.1) is 23.6 Å². The summed E-state index contributed by atoms with van der Waals surface area (Å²) in [6.07, 6.45) is 0.442. The normalized spacial score (nSPS) is 9.90. The van der Waals surface area contributed by atoms with Gasteiger partial charge in [0.2, 0.25) is 0 Å². The van der Waals surface area contributed by atoms with Gasteiger partial charge in [-0.25, -0.2) is 0 Å². The van der Waals surface area contributed by atoms with Crippen molar-refractivity contribution in [1.29, 1.82) is 0 Å². The number of carbonyl (C=O) groups is 1. The molecule has 5 heteroatoms. The van der Waals surface area contributed by atoms with Gasteiger partial charge in [0.25, 0.3) is 5.91 Å². The number of aliphatic hydroxyl groups is 1. The van der Waals surface area contributed by atoms with E-state index in [1.165, 1.54) is 11.3 Å². The lowest BCUT2D eigenvalue weighted by atomic mass is 10.3. The second-order valence-corrected chi connectivity index (χ2v) is 5.08. The summed E-state index contributed by atoms with van der Waals surface area (Å²) in [6.45, 7) is 2.28. The summed E-state index contributed by atoms with van der Waals surface area (Å²) < 4.78 is 5.38. The van der Waals surface area contributed by atoms with Gasteiger partial charge in [0.1, 0.15) is 11.5 Å². The van der Waals surface area contributed by atoms with Crippen molar-refractivity contribution in [1.82, 2.24) is 5.32 Å². The van der Waals surface area contributed by atoms with Gasteiger partial charge in [-0.3, -0.25) is 4.79 Å². The number of nitrogens with one attached hydrogen (secondary N) is 1. The van der Waals surface area contributed by atoms with Crippen LogP contribution in [0.15, 0.2) is 28.0 Å². The number of aryl methyl sites for hydroxylation is 1. The number of rotatable bonds is 4. The van der Waals surface area contributed by atoms with Gasteiger partial charge in [-0.15, -0.1) is 11.3 Å². The van der Waals surface area contributed by atoms with E-state index in [-0.39, 0.29) is 12.5 Å². The number of furan rings is 1. The zero-order valence-corrected chi connectivity index (χ0v) is 11.9. The van der Waals surface area contributed by atoms with Crippen molar-refractivity contribution >= 4 is 17.2 Å². The highest BCUT2D eigenvalue weighted by Crippen LogP contribution is 2.14. The minimum absolute atomic E-state index is 0.0499. The van der Waals surface area contributed by atoms with Crippen molar-refractivity contribution in [2.24, 2.45) is 0 Å². The Morgan fingerprint density at radius 1 is 1.50 bits per heavy atom. The fourth-order valence-electron chi connectivity index (χ4n) is 1.58. The third kappa shape index (κ3) is 3.98. The number of hydrogen-bond donors (Lipinski definition) is 2. The SMILES string of the molecule is Cc1ccc(CNC(=O)c2csc(C#CCCO)c2)o1. The molecule has 0 spiro atoms. The van der Waals surface area contributed by atoms with Crippen LogP contribution in [0.4, 0.5) is 0 Å². The van der Waals surface area contributed by atoms with Gasteiger partial charge >= 0.3 is 0 Å². The molecule has 0 aliphatic heterocycles. The first-order valence-corrected chi connectivity index (χ1v) is 7.09. The highest BCUT2D eigenvalue weighted by molar-refractivity contribution is 7.10. The van der Waals surface area contributed by atoms with Crippen LogP contribution in [0.2, 0.25) is 0 Å². The van der Waals surface area contributed by atoms with Crippen LogP contribution >= 0.6 is 11.3 Å². The molecule has 2 aromatic rings. The van der Waals surface area contributed by atoms with Gasteiger partial charge in [-0.2, -0.15) is 0 Å². The van der Waals surface area contributed by atoms with Crippen molar-refractivity contribution in [3.05, 3.63) is 45.5 Å². The van der Waals surface area contributed by atoms with E-state index < -0.39 is 0 Å². The maximum atomic E-state index is 11.9. The molecule has 0 fully saturated rings. The maximum absolute atomic E-state index is 11.9. The summed E-state index contributed by atoms with van der Waals surface area (Å²) >= 11 is 1.41. The first kappa shape index (κ1) is 14.4. The monoisotopic (exact) mass is 289 g/mol. The van der Waals surface area contributed by atoms with Crippen LogP contribution in [-0.2, 0) is 6.54 Å². The Hall–Kier alpha value is -2.03. The summed E-state index contributed by atoms with van der Waals surface area (Å²) in [5, 5.41) is 13.2. The molecule has 0 aromatic carbocycles. The van der Waals surface area contributed by atoms with E-state index in [4.69, 9.17) is 9.52 Å². The third-order valence-corrected chi connectivity index (χ3v) is 3.37. The van der Waals surface area contributed by atoms with E-state index in [0.717, 1.165) is 16.4 Å². The largest absolute Gasteiger partial charge is 0.465 e. The van der Waals surface area contributed by atoms with E-state index in [9.17, 15) is 4.79 Å². The Morgan fingerprint density at radius 3 is 3.05 bits per heavy atom. The zero-order chi connectivity index (χ0) is 14.4. The molecule has 0 aliphatic rings. The smallest absolute Gasteiger partial charge is 0.252 e. The molecule has 20 heavy (non-hydrogen) atoms. The molecule has 2 heterocycles. The Morgan fingerprint density at radius 2 is 2.35 bits per heavy atom. The van der Waals surface area contributed by atoms with Crippen LogP contribution in [-0.4, -0.2) is 17.6 Å². The standard InChI is InChI=1S/C15H15NO3S/c1-11-5-6-13(19-11)9-16-15(18)12-8-14(20-10-12)4-2-3-7-17/h5-6,8,10,17H,3,7,9H2,1H3,(H,16,18). The third-order valence-electron chi connectivity index (χ3n) is 2.53. The molecular formula is C15H15NO3S. The lowest BCUT2D eigenvalue weighted by molar-refractivity contribution is 0.0948. The Labute approximate surface area is 121 Å². The molecule has 0 unspecified atom stereocenters. The number of thiophene rings is 1. The fourth-order valence-corrected chi connectivity index (χ4v) is 2.33. The Balaban J connectivity index is 1.91. The van der Waals surface area contributed by atoms with Crippen LogP contribution in [0.1, 0.15) is 33.2 Å². The summed E-state index contributed by atoms with van der Waals surface area (Å²) in [5.41, 5.74) is 0.589. The van der Waals surface area contributed by atoms with Crippen molar-refractivity contribution < 1.29 is 14.3 Å². The van der Waals surface area contributed by atoms with Gasteiger partial charge < -0.3 is 14.8 Å². The molecule has 0 aliphatic carbocycles. The maximum Gasteiger partial charge on any atom is 0.252 e. The van der Waals surface area contributed by atoms with Crippen LogP contribution < -0.4 is 5.32 Å². The van der Waals surface area contributed by atoms with Crippen molar-refractivity contribution in [3.8, 4) is 11.8 Å². The van der Waals surface area contributed by atoms with Crippen molar-refractivity contribution in [2.45, 2.75) is 19.9 Å². The number of amides is 1. The van der Waals surface area contributed by atoms with E-state index in [1.807, 2.05) is 19.1 Å². The average molecular weight is 289 g/mol. The van der Waals surface area contributed by atoms with E-state index in [0.29, 0.717) is 18.5 Å².